The molecule has 0 aromatic heterocycles. The standard InChI is InChI=1S/C10H15BrO3/c1-9(2,3)14-8(13)10(11)6-4-5-7(10)12/h4-6H2,1-3H3. The molecule has 1 fully saturated rings. The topological polar surface area (TPSA) is 43.4 Å². The molecule has 0 spiro atoms. The molecule has 4 heteroatoms. The second-order valence-electron chi connectivity index (χ2n) is 4.58. The number of halogens is 1. The number of hydrogen-bond donors (Lipinski definition) is 0. The number of carbonyl (C=O) groups excluding carboxylic acids is 2. The fraction of sp³-hybridized carbons (Fsp3) is 0.800. The van der Waals surface area contributed by atoms with Crippen LogP contribution in [0.3, 0.4) is 0 Å². The third-order valence-electron chi connectivity index (χ3n) is 2.09. The van der Waals surface area contributed by atoms with E-state index >= 15 is 0 Å². The van der Waals surface area contributed by atoms with Gasteiger partial charge in [0, 0.05) is 6.42 Å². The summed E-state index contributed by atoms with van der Waals surface area (Å²) in [5.41, 5.74) is -0.541. The van der Waals surface area contributed by atoms with Crippen LogP contribution in [-0.4, -0.2) is 21.7 Å². The van der Waals surface area contributed by atoms with Crippen molar-refractivity contribution in [3.8, 4) is 0 Å². The van der Waals surface area contributed by atoms with Gasteiger partial charge in [-0.05, 0) is 33.6 Å². The van der Waals surface area contributed by atoms with Crippen LogP contribution in [0.1, 0.15) is 40.0 Å². The van der Waals surface area contributed by atoms with Crippen LogP contribution in [0.25, 0.3) is 0 Å². The van der Waals surface area contributed by atoms with Gasteiger partial charge in [0.25, 0.3) is 0 Å². The number of esters is 1. The number of alkyl halides is 1. The Bertz CT molecular complexity index is 267. The lowest BCUT2D eigenvalue weighted by Crippen LogP contribution is -2.41. The van der Waals surface area contributed by atoms with Gasteiger partial charge in [-0.15, -0.1) is 0 Å². The minimum atomic E-state index is -1.07. The van der Waals surface area contributed by atoms with E-state index in [0.29, 0.717) is 12.8 Å². The van der Waals surface area contributed by atoms with Crippen LogP contribution < -0.4 is 0 Å². The first-order chi connectivity index (χ1) is 6.26. The first-order valence-corrected chi connectivity index (χ1v) is 5.51. The Kier molecular flexibility index (Phi) is 3.04. The molecule has 0 aromatic carbocycles. The summed E-state index contributed by atoms with van der Waals surface area (Å²) in [6.45, 7) is 5.38. The quantitative estimate of drug-likeness (QED) is 0.414. The van der Waals surface area contributed by atoms with Crippen molar-refractivity contribution >= 4 is 27.7 Å². The number of Topliss-reactive ketones (excluding diaryl/α,β-unsaturated/α-hetero) is 1. The van der Waals surface area contributed by atoms with Gasteiger partial charge in [0.2, 0.25) is 0 Å². The van der Waals surface area contributed by atoms with Crippen LogP contribution in [0.4, 0.5) is 0 Å². The number of ether oxygens (including phenoxy) is 1. The van der Waals surface area contributed by atoms with Gasteiger partial charge >= 0.3 is 5.97 Å². The van der Waals surface area contributed by atoms with Gasteiger partial charge in [-0.3, -0.25) is 9.59 Å². The molecule has 0 N–H and O–H groups in total. The minimum absolute atomic E-state index is 0.0632. The van der Waals surface area contributed by atoms with Gasteiger partial charge in [0.15, 0.2) is 10.1 Å². The van der Waals surface area contributed by atoms with Gasteiger partial charge in [-0.1, -0.05) is 15.9 Å². The molecule has 0 aliphatic heterocycles. The summed E-state index contributed by atoms with van der Waals surface area (Å²) in [4.78, 5) is 23.2. The number of ketones is 1. The predicted octanol–water partition coefficient (Wildman–Crippen LogP) is 2.21. The molecule has 1 unspecified atom stereocenters. The highest BCUT2D eigenvalue weighted by Crippen LogP contribution is 2.36. The summed E-state index contributed by atoms with van der Waals surface area (Å²) >= 11 is 3.21. The molecule has 80 valence electrons. The zero-order valence-electron chi connectivity index (χ0n) is 8.72. The Morgan fingerprint density at radius 1 is 1.50 bits per heavy atom. The fourth-order valence-electron chi connectivity index (χ4n) is 1.40. The van der Waals surface area contributed by atoms with Crippen LogP contribution in [0.15, 0.2) is 0 Å². The Morgan fingerprint density at radius 2 is 2.07 bits per heavy atom. The third-order valence-corrected chi connectivity index (χ3v) is 3.25. The van der Waals surface area contributed by atoms with Crippen molar-refractivity contribution in [3.63, 3.8) is 0 Å². The summed E-state index contributed by atoms with van der Waals surface area (Å²) in [6.07, 6.45) is 1.76. The van der Waals surface area contributed by atoms with E-state index < -0.39 is 15.9 Å². The highest BCUT2D eigenvalue weighted by atomic mass is 79.9. The maximum Gasteiger partial charge on any atom is 0.331 e. The lowest BCUT2D eigenvalue weighted by atomic mass is 10.1. The SMILES string of the molecule is CC(C)(C)OC(=O)C1(Br)CCCC1=O. The van der Waals surface area contributed by atoms with E-state index in [-0.39, 0.29) is 5.78 Å². The van der Waals surface area contributed by atoms with Crippen molar-refractivity contribution in [2.75, 3.05) is 0 Å². The van der Waals surface area contributed by atoms with Gasteiger partial charge in [0.05, 0.1) is 0 Å². The molecular weight excluding hydrogens is 248 g/mol. The maximum absolute atomic E-state index is 11.7. The summed E-state index contributed by atoms with van der Waals surface area (Å²) in [7, 11) is 0. The number of carbonyl (C=O) groups is 2. The van der Waals surface area contributed by atoms with Crippen LogP contribution >= 0.6 is 15.9 Å². The van der Waals surface area contributed by atoms with Gasteiger partial charge in [-0.25, -0.2) is 0 Å². The van der Waals surface area contributed by atoms with Crippen molar-refractivity contribution in [1.29, 1.82) is 0 Å². The predicted molar refractivity (Wildman–Crippen MR) is 56.4 cm³/mol. The fourth-order valence-corrected chi connectivity index (χ4v) is 1.96. The molecule has 0 aromatic rings. The van der Waals surface area contributed by atoms with E-state index in [4.69, 9.17) is 4.74 Å². The summed E-state index contributed by atoms with van der Waals surface area (Å²) in [6, 6.07) is 0. The molecule has 1 atom stereocenters. The smallest absolute Gasteiger partial charge is 0.331 e. The Morgan fingerprint density at radius 3 is 2.43 bits per heavy atom. The summed E-state index contributed by atoms with van der Waals surface area (Å²) in [5.74, 6) is -0.515. The lowest BCUT2D eigenvalue weighted by molar-refractivity contribution is -0.158. The highest BCUT2D eigenvalue weighted by molar-refractivity contribution is 9.10. The largest absolute Gasteiger partial charge is 0.459 e. The van der Waals surface area contributed by atoms with Crippen molar-refractivity contribution < 1.29 is 14.3 Å². The Hall–Kier alpha value is -0.380. The normalized spacial score (nSPS) is 27.9. The monoisotopic (exact) mass is 262 g/mol. The lowest BCUT2D eigenvalue weighted by Gasteiger charge is -2.25. The Balaban J connectivity index is 2.74. The first kappa shape index (κ1) is 11.7. The molecule has 1 aliphatic carbocycles. The van der Waals surface area contributed by atoms with E-state index in [1.165, 1.54) is 0 Å². The van der Waals surface area contributed by atoms with E-state index in [1.807, 2.05) is 0 Å². The number of hydrogen-bond acceptors (Lipinski definition) is 3. The summed E-state index contributed by atoms with van der Waals surface area (Å²) in [5, 5.41) is 0. The van der Waals surface area contributed by atoms with E-state index in [0.717, 1.165) is 6.42 Å². The molecule has 0 amide bonds. The second-order valence-corrected chi connectivity index (χ2v) is 5.93. The zero-order chi connectivity index (χ0) is 11.0. The van der Waals surface area contributed by atoms with Crippen LogP contribution in [0.5, 0.6) is 0 Å². The van der Waals surface area contributed by atoms with Crippen molar-refractivity contribution in [1.82, 2.24) is 0 Å². The van der Waals surface area contributed by atoms with Gasteiger partial charge in [-0.2, -0.15) is 0 Å². The molecule has 0 heterocycles. The molecule has 0 radical (unpaired) electrons. The van der Waals surface area contributed by atoms with E-state index in [9.17, 15) is 9.59 Å². The average Bonchev–Trinajstić information content (AvgIpc) is 2.30. The first-order valence-electron chi connectivity index (χ1n) is 4.71. The van der Waals surface area contributed by atoms with Gasteiger partial charge < -0.3 is 4.74 Å². The summed E-state index contributed by atoms with van der Waals surface area (Å²) < 4.78 is 4.12. The molecule has 1 saturated carbocycles. The third kappa shape index (κ3) is 2.35. The van der Waals surface area contributed by atoms with Gasteiger partial charge in [0.1, 0.15) is 5.60 Å². The molecule has 0 saturated heterocycles. The Labute approximate surface area is 92.3 Å². The minimum Gasteiger partial charge on any atom is -0.459 e. The number of rotatable bonds is 1. The molecule has 0 bridgehead atoms. The molecular formula is C10H15BrO3. The second kappa shape index (κ2) is 3.65. The van der Waals surface area contributed by atoms with E-state index in [1.54, 1.807) is 20.8 Å². The molecule has 3 nitrogen and oxygen atoms in total. The van der Waals surface area contributed by atoms with Crippen molar-refractivity contribution in [3.05, 3.63) is 0 Å². The molecule has 1 rings (SSSR count). The van der Waals surface area contributed by atoms with Crippen molar-refractivity contribution in [2.45, 2.75) is 50.0 Å². The van der Waals surface area contributed by atoms with Crippen molar-refractivity contribution in [2.24, 2.45) is 0 Å². The van der Waals surface area contributed by atoms with Crippen LogP contribution in [0.2, 0.25) is 0 Å². The maximum atomic E-state index is 11.7. The molecule has 1 aliphatic rings. The zero-order valence-corrected chi connectivity index (χ0v) is 10.3. The highest BCUT2D eigenvalue weighted by Gasteiger charge is 2.48. The molecule has 14 heavy (non-hydrogen) atoms. The average molecular weight is 263 g/mol. The van der Waals surface area contributed by atoms with E-state index in [2.05, 4.69) is 15.9 Å². The van der Waals surface area contributed by atoms with Crippen LogP contribution in [-0.2, 0) is 14.3 Å². The van der Waals surface area contributed by atoms with Crippen LogP contribution in [0, 0.1) is 0 Å².